The van der Waals surface area contributed by atoms with Gasteiger partial charge in [-0.2, -0.15) is 22.7 Å². The van der Waals surface area contributed by atoms with Gasteiger partial charge in [0.2, 0.25) is 0 Å². The lowest BCUT2D eigenvalue weighted by Gasteiger charge is -2.33. The second-order valence-corrected chi connectivity index (χ2v) is 6.88. The van der Waals surface area contributed by atoms with Gasteiger partial charge < -0.3 is 0 Å². The van der Waals surface area contributed by atoms with E-state index >= 15 is 0 Å². The molecule has 1 aliphatic heterocycles. The zero-order valence-corrected chi connectivity index (χ0v) is 12.2. The van der Waals surface area contributed by atoms with Crippen molar-refractivity contribution in [3.8, 4) is 6.07 Å². The molecule has 1 aromatic rings. The molecule has 1 heterocycles. The highest BCUT2D eigenvalue weighted by Gasteiger charge is 2.35. The molecule has 2 rings (SSSR count). The van der Waals surface area contributed by atoms with E-state index in [1.165, 1.54) is 12.1 Å². The number of hydrogen-bond acceptors (Lipinski definition) is 3. The summed E-state index contributed by atoms with van der Waals surface area (Å²) in [5, 5.41) is 8.60. The summed E-state index contributed by atoms with van der Waals surface area (Å²) in [4.78, 5) is 0. The van der Waals surface area contributed by atoms with E-state index in [0.29, 0.717) is 4.47 Å². The molecule has 1 aromatic carbocycles. The number of nitrogens with one attached hydrogen (secondary N) is 1. The second kappa shape index (κ2) is 5.54. The number of hydrogen-bond donors (Lipinski definition) is 1. The normalized spacial score (nSPS) is 16.9. The van der Waals surface area contributed by atoms with Gasteiger partial charge in [-0.15, -0.1) is 0 Å². The molecular formula is C11H11BrFN3O2S. The maximum absolute atomic E-state index is 13.4. The average molecular weight is 348 g/mol. The van der Waals surface area contributed by atoms with Gasteiger partial charge in [0.15, 0.2) is 0 Å². The van der Waals surface area contributed by atoms with Crippen LogP contribution in [0.2, 0.25) is 0 Å². The number of nitriles is 1. The molecule has 1 aliphatic rings. The Labute approximate surface area is 119 Å². The van der Waals surface area contributed by atoms with E-state index in [2.05, 4.69) is 20.7 Å². The molecule has 0 amide bonds. The standard InChI is InChI=1S/C11H11BrFN3O2S/c12-10-1-2-11(13)9(3-10)5-15-19(17,18)16-6-8(4-14)7-16/h1-3,8,15H,5-7H2. The van der Waals surface area contributed by atoms with Gasteiger partial charge in [-0.25, -0.2) is 4.39 Å². The quantitative estimate of drug-likeness (QED) is 0.894. The minimum absolute atomic E-state index is 0.124. The van der Waals surface area contributed by atoms with Crippen molar-refractivity contribution < 1.29 is 12.8 Å². The Morgan fingerprint density at radius 1 is 1.53 bits per heavy atom. The van der Waals surface area contributed by atoms with Crippen LogP contribution in [0.25, 0.3) is 0 Å². The molecule has 5 nitrogen and oxygen atoms in total. The molecule has 0 unspecified atom stereocenters. The van der Waals surface area contributed by atoms with Crippen LogP contribution in [-0.4, -0.2) is 25.8 Å². The molecular weight excluding hydrogens is 337 g/mol. The van der Waals surface area contributed by atoms with Gasteiger partial charge in [0.25, 0.3) is 10.2 Å². The summed E-state index contributed by atoms with van der Waals surface area (Å²) in [7, 11) is -3.64. The van der Waals surface area contributed by atoms with Crippen molar-refractivity contribution in [3.05, 3.63) is 34.1 Å². The second-order valence-electron chi connectivity index (χ2n) is 4.20. The number of halogens is 2. The fraction of sp³-hybridized carbons (Fsp3) is 0.364. The predicted octanol–water partition coefficient (Wildman–Crippen LogP) is 1.38. The zero-order chi connectivity index (χ0) is 14.0. The van der Waals surface area contributed by atoms with E-state index in [1.807, 2.05) is 6.07 Å². The van der Waals surface area contributed by atoms with Crippen molar-refractivity contribution in [3.63, 3.8) is 0 Å². The molecule has 0 atom stereocenters. The molecule has 0 aromatic heterocycles. The van der Waals surface area contributed by atoms with Crippen LogP contribution in [0, 0.1) is 23.1 Å². The van der Waals surface area contributed by atoms with E-state index in [-0.39, 0.29) is 31.1 Å². The summed E-state index contributed by atoms with van der Waals surface area (Å²) in [6, 6.07) is 6.32. The summed E-state index contributed by atoms with van der Waals surface area (Å²) in [5.41, 5.74) is 0.260. The van der Waals surface area contributed by atoms with E-state index in [9.17, 15) is 12.8 Å². The van der Waals surface area contributed by atoms with Crippen molar-refractivity contribution in [1.29, 1.82) is 5.26 Å². The van der Waals surface area contributed by atoms with Crippen molar-refractivity contribution in [2.45, 2.75) is 6.54 Å². The lowest BCUT2D eigenvalue weighted by atomic mass is 10.1. The van der Waals surface area contributed by atoms with Crippen LogP contribution in [-0.2, 0) is 16.8 Å². The van der Waals surface area contributed by atoms with Gasteiger partial charge in [-0.05, 0) is 18.2 Å². The molecule has 0 spiro atoms. The third kappa shape index (κ3) is 3.30. The average Bonchev–Trinajstić information content (AvgIpc) is 2.29. The molecule has 1 fully saturated rings. The van der Waals surface area contributed by atoms with Crippen LogP contribution in [0.4, 0.5) is 4.39 Å². The van der Waals surface area contributed by atoms with Crippen LogP contribution in [0.3, 0.4) is 0 Å². The van der Waals surface area contributed by atoms with Gasteiger partial charge >= 0.3 is 0 Å². The number of benzene rings is 1. The molecule has 1 saturated heterocycles. The summed E-state index contributed by atoms with van der Waals surface area (Å²) in [6.45, 7) is 0.251. The highest BCUT2D eigenvalue weighted by Crippen LogP contribution is 2.19. The Morgan fingerprint density at radius 2 is 2.21 bits per heavy atom. The number of rotatable bonds is 4. The van der Waals surface area contributed by atoms with E-state index in [0.717, 1.165) is 4.31 Å². The van der Waals surface area contributed by atoms with E-state index in [4.69, 9.17) is 5.26 Å². The van der Waals surface area contributed by atoms with Gasteiger partial charge in [-0.3, -0.25) is 0 Å². The van der Waals surface area contributed by atoms with E-state index < -0.39 is 16.0 Å². The van der Waals surface area contributed by atoms with Crippen LogP contribution >= 0.6 is 15.9 Å². The SMILES string of the molecule is N#CC1CN(S(=O)(=O)NCc2cc(Br)ccc2F)C1. The van der Waals surface area contributed by atoms with Crippen LogP contribution in [0.1, 0.15) is 5.56 Å². The first-order valence-corrected chi connectivity index (χ1v) is 7.74. The van der Waals surface area contributed by atoms with E-state index in [1.54, 1.807) is 6.07 Å². The minimum atomic E-state index is -3.64. The Morgan fingerprint density at radius 3 is 2.84 bits per heavy atom. The largest absolute Gasteiger partial charge is 0.279 e. The Kier molecular flexibility index (Phi) is 4.20. The number of nitrogens with zero attached hydrogens (tertiary/aromatic N) is 2. The monoisotopic (exact) mass is 347 g/mol. The summed E-state index contributed by atoms with van der Waals surface area (Å²) < 4.78 is 41.2. The smallest absolute Gasteiger partial charge is 0.207 e. The van der Waals surface area contributed by atoms with Gasteiger partial charge in [0, 0.05) is 29.7 Å². The fourth-order valence-electron chi connectivity index (χ4n) is 1.66. The topological polar surface area (TPSA) is 73.2 Å². The maximum atomic E-state index is 13.4. The molecule has 1 N–H and O–H groups in total. The zero-order valence-electron chi connectivity index (χ0n) is 9.81. The molecule has 19 heavy (non-hydrogen) atoms. The van der Waals surface area contributed by atoms with Crippen LogP contribution < -0.4 is 4.72 Å². The van der Waals surface area contributed by atoms with Crippen LogP contribution in [0.15, 0.2) is 22.7 Å². The molecule has 0 radical (unpaired) electrons. The molecule has 0 saturated carbocycles. The van der Waals surface area contributed by atoms with Crippen molar-refractivity contribution >= 4 is 26.1 Å². The Balaban J connectivity index is 1.99. The fourth-order valence-corrected chi connectivity index (χ4v) is 3.34. The lowest BCUT2D eigenvalue weighted by molar-refractivity contribution is 0.245. The Bertz CT molecular complexity index is 623. The molecule has 102 valence electrons. The summed E-state index contributed by atoms with van der Waals surface area (Å²) in [5.74, 6) is -0.719. The first-order chi connectivity index (χ1) is 8.92. The maximum Gasteiger partial charge on any atom is 0.279 e. The van der Waals surface area contributed by atoms with Crippen molar-refractivity contribution in [1.82, 2.24) is 9.03 Å². The predicted molar refractivity (Wildman–Crippen MR) is 70.5 cm³/mol. The molecule has 0 bridgehead atoms. The van der Waals surface area contributed by atoms with Gasteiger partial charge in [0.05, 0.1) is 12.0 Å². The van der Waals surface area contributed by atoms with Crippen molar-refractivity contribution in [2.75, 3.05) is 13.1 Å². The third-order valence-electron chi connectivity index (χ3n) is 2.82. The Hall–Kier alpha value is -1.01. The highest BCUT2D eigenvalue weighted by atomic mass is 79.9. The summed E-state index contributed by atoms with van der Waals surface area (Å²) >= 11 is 3.20. The van der Waals surface area contributed by atoms with Gasteiger partial charge in [-0.1, -0.05) is 15.9 Å². The third-order valence-corrected chi connectivity index (χ3v) is 4.80. The molecule has 0 aliphatic carbocycles. The summed E-state index contributed by atoms with van der Waals surface area (Å²) in [6.07, 6.45) is 0. The van der Waals surface area contributed by atoms with Crippen molar-refractivity contribution in [2.24, 2.45) is 5.92 Å². The first-order valence-electron chi connectivity index (χ1n) is 5.50. The highest BCUT2D eigenvalue weighted by molar-refractivity contribution is 9.10. The first kappa shape index (κ1) is 14.4. The lowest BCUT2D eigenvalue weighted by Crippen LogP contribution is -2.53. The van der Waals surface area contributed by atoms with Gasteiger partial charge in [0.1, 0.15) is 5.82 Å². The molecule has 8 heteroatoms. The minimum Gasteiger partial charge on any atom is -0.207 e. The van der Waals surface area contributed by atoms with Crippen LogP contribution in [0.5, 0.6) is 0 Å².